The zero-order valence-corrected chi connectivity index (χ0v) is 30.4. The summed E-state index contributed by atoms with van der Waals surface area (Å²) in [6.45, 7) is 4.54. The van der Waals surface area contributed by atoms with Crippen molar-refractivity contribution in [1.82, 2.24) is 19.1 Å². The fourth-order valence-corrected chi connectivity index (χ4v) is 11.0. The number of piperidine rings is 1. The van der Waals surface area contributed by atoms with E-state index in [-0.39, 0.29) is 29.7 Å². The van der Waals surface area contributed by atoms with Crippen LogP contribution >= 0.6 is 0 Å². The Hall–Kier alpha value is -3.41. The number of carbonyl (C=O) groups excluding carboxylic acids is 2. The van der Waals surface area contributed by atoms with E-state index in [1.807, 2.05) is 12.2 Å². The van der Waals surface area contributed by atoms with Gasteiger partial charge in [0.2, 0.25) is 5.91 Å². The fourth-order valence-electron chi connectivity index (χ4n) is 10.1. The highest BCUT2D eigenvalue weighted by Gasteiger charge is 2.49. The highest BCUT2D eigenvalue weighted by Crippen LogP contribution is 2.55. The van der Waals surface area contributed by atoms with Crippen LogP contribution in [0.25, 0.3) is 10.9 Å². The second kappa shape index (κ2) is 12.7. The molecule has 1 spiro atoms. The molecule has 10 nitrogen and oxygen atoms in total. The van der Waals surface area contributed by atoms with Gasteiger partial charge in [-0.05, 0) is 105 Å². The number of likely N-dealkylation sites (tertiary alicyclic amines) is 2. The molecular formula is C39H50N4O6S. The highest BCUT2D eigenvalue weighted by atomic mass is 32.2. The maximum Gasteiger partial charge on any atom is 0.265 e. The van der Waals surface area contributed by atoms with E-state index in [1.165, 1.54) is 37.7 Å². The second-order valence-electron chi connectivity index (χ2n) is 15.4. The van der Waals surface area contributed by atoms with Crippen LogP contribution in [0.5, 0.6) is 5.75 Å². The number of nitrogens with one attached hydrogen (secondary N) is 1. The number of aliphatic hydroxyl groups excluding tert-OH is 1. The number of nitrogens with zero attached hydrogens (tertiary/aromatic N) is 3. The van der Waals surface area contributed by atoms with Gasteiger partial charge < -0.3 is 24.2 Å². The van der Waals surface area contributed by atoms with Gasteiger partial charge in [-0.1, -0.05) is 44.4 Å². The van der Waals surface area contributed by atoms with Gasteiger partial charge in [0.1, 0.15) is 5.75 Å². The summed E-state index contributed by atoms with van der Waals surface area (Å²) in [4.78, 5) is 33.0. The SMILES string of the molecule is CCC(O)S(=O)(=O)NC(=O)C1=C2Cn3c(cc4c(OC)ccc(C5CCCCC5)c43)C3C(=C21)C=CC[C@H]3C(=O)N1CCC2(CCCN2C)CC1. The maximum atomic E-state index is 14.7. The van der Waals surface area contributed by atoms with E-state index in [4.69, 9.17) is 4.74 Å². The summed E-state index contributed by atoms with van der Waals surface area (Å²) < 4.78 is 36.0. The van der Waals surface area contributed by atoms with Gasteiger partial charge in [-0.2, -0.15) is 0 Å². The molecular weight excluding hydrogens is 653 g/mol. The molecule has 0 radical (unpaired) electrons. The van der Waals surface area contributed by atoms with Gasteiger partial charge in [-0.25, -0.2) is 13.1 Å². The number of hydrogen-bond donors (Lipinski definition) is 2. The van der Waals surface area contributed by atoms with Crippen LogP contribution in [0.4, 0.5) is 0 Å². The van der Waals surface area contributed by atoms with Crippen LogP contribution < -0.4 is 9.46 Å². The number of benzene rings is 1. The van der Waals surface area contributed by atoms with Crippen LogP contribution in [0.2, 0.25) is 0 Å². The minimum atomic E-state index is -4.27. The predicted octanol–water partition coefficient (Wildman–Crippen LogP) is 5.24. The first-order valence-electron chi connectivity index (χ1n) is 18.7. The number of aliphatic hydroxyl groups is 1. The lowest BCUT2D eigenvalue weighted by Gasteiger charge is -2.45. The summed E-state index contributed by atoms with van der Waals surface area (Å²) in [5.74, 6) is -0.0643. The summed E-state index contributed by atoms with van der Waals surface area (Å²) >= 11 is 0. The van der Waals surface area contributed by atoms with E-state index in [2.05, 4.69) is 44.3 Å². The van der Waals surface area contributed by atoms with Gasteiger partial charge in [0.05, 0.1) is 24.1 Å². The van der Waals surface area contributed by atoms with Crippen molar-refractivity contribution >= 4 is 32.7 Å². The molecule has 3 aliphatic carbocycles. The van der Waals surface area contributed by atoms with E-state index in [1.54, 1.807) is 14.0 Å². The van der Waals surface area contributed by atoms with Gasteiger partial charge in [-0.3, -0.25) is 9.59 Å². The molecule has 1 saturated carbocycles. The van der Waals surface area contributed by atoms with Gasteiger partial charge in [0, 0.05) is 42.2 Å². The van der Waals surface area contributed by atoms with Crippen molar-refractivity contribution in [3.05, 3.63) is 63.9 Å². The van der Waals surface area contributed by atoms with Crippen LogP contribution in [-0.4, -0.2) is 84.5 Å². The Morgan fingerprint density at radius 3 is 2.52 bits per heavy atom. The van der Waals surface area contributed by atoms with Gasteiger partial charge in [0.15, 0.2) is 5.44 Å². The Kier molecular flexibility index (Phi) is 8.54. The van der Waals surface area contributed by atoms with Crippen molar-refractivity contribution in [3.8, 4) is 5.75 Å². The van der Waals surface area contributed by atoms with Crippen molar-refractivity contribution in [2.75, 3.05) is 33.8 Å². The molecule has 11 heteroatoms. The lowest BCUT2D eigenvalue weighted by molar-refractivity contribution is -0.138. The summed E-state index contributed by atoms with van der Waals surface area (Å²) in [5.41, 5.74) is 4.72. The fraction of sp³-hybridized carbons (Fsp3) is 0.590. The Labute approximate surface area is 295 Å². The zero-order valence-electron chi connectivity index (χ0n) is 29.5. The topological polar surface area (TPSA) is 121 Å². The molecule has 1 aromatic heterocycles. The average Bonchev–Trinajstić information content (AvgIpc) is 3.62. The lowest BCUT2D eigenvalue weighted by atomic mass is 9.75. The highest BCUT2D eigenvalue weighted by molar-refractivity contribution is 7.90. The summed E-state index contributed by atoms with van der Waals surface area (Å²) in [5, 5.41) is 11.2. The first-order valence-corrected chi connectivity index (χ1v) is 20.2. The second-order valence-corrected chi connectivity index (χ2v) is 17.3. The summed E-state index contributed by atoms with van der Waals surface area (Å²) in [7, 11) is -0.356. The molecule has 8 rings (SSSR count). The first-order chi connectivity index (χ1) is 24.1. The largest absolute Gasteiger partial charge is 0.496 e. The number of fused-ring (bicyclic) bond motifs is 6. The van der Waals surface area contributed by atoms with Crippen molar-refractivity contribution < 1.29 is 27.9 Å². The molecule has 4 heterocycles. The molecule has 50 heavy (non-hydrogen) atoms. The molecule has 2 aromatic rings. The van der Waals surface area contributed by atoms with Crippen LogP contribution in [0.3, 0.4) is 0 Å². The third kappa shape index (κ3) is 5.37. The van der Waals surface area contributed by atoms with Crippen molar-refractivity contribution in [2.24, 2.45) is 5.92 Å². The number of hydrogen-bond acceptors (Lipinski definition) is 7. The Bertz CT molecular complexity index is 1940. The van der Waals surface area contributed by atoms with E-state index in [0.717, 1.165) is 84.4 Å². The van der Waals surface area contributed by atoms with Crippen molar-refractivity contribution in [3.63, 3.8) is 0 Å². The van der Waals surface area contributed by atoms with Gasteiger partial charge >= 0.3 is 0 Å². The molecule has 6 aliphatic rings. The minimum Gasteiger partial charge on any atom is -0.496 e. The summed E-state index contributed by atoms with van der Waals surface area (Å²) in [6, 6.07) is 6.49. The molecule has 3 atom stereocenters. The third-order valence-electron chi connectivity index (χ3n) is 12.9. The quantitative estimate of drug-likeness (QED) is 0.405. The molecule has 2 amide bonds. The zero-order chi connectivity index (χ0) is 34.9. The van der Waals surface area contributed by atoms with E-state index >= 15 is 0 Å². The molecule has 268 valence electrons. The Morgan fingerprint density at radius 1 is 1.08 bits per heavy atom. The third-order valence-corrected chi connectivity index (χ3v) is 14.4. The number of rotatable bonds is 7. The Morgan fingerprint density at radius 2 is 1.84 bits per heavy atom. The van der Waals surface area contributed by atoms with Crippen LogP contribution in [0, 0.1) is 5.92 Å². The summed E-state index contributed by atoms with van der Waals surface area (Å²) in [6.07, 6.45) is 14.8. The normalized spacial score (nSPS) is 25.7. The number of carbonyl (C=O) groups is 2. The molecule has 3 aliphatic heterocycles. The van der Waals surface area contributed by atoms with Gasteiger partial charge in [0.25, 0.3) is 15.9 Å². The van der Waals surface area contributed by atoms with Crippen LogP contribution in [0.1, 0.15) is 101 Å². The molecule has 3 fully saturated rings. The number of sulfonamides is 1. The molecule has 1 aromatic carbocycles. The van der Waals surface area contributed by atoms with E-state index in [0.29, 0.717) is 24.5 Å². The Balaban J connectivity index is 1.24. The van der Waals surface area contributed by atoms with Gasteiger partial charge in [-0.15, -0.1) is 0 Å². The average molecular weight is 703 g/mol. The monoisotopic (exact) mass is 702 g/mol. The molecule has 2 N–H and O–H groups in total. The lowest BCUT2D eigenvalue weighted by Crippen LogP contribution is -2.53. The first kappa shape index (κ1) is 33.7. The number of allylic oxidation sites excluding steroid dienone is 4. The number of ether oxygens (including phenoxy) is 1. The maximum absolute atomic E-state index is 14.7. The number of amides is 2. The standard InChI is InChI=1S/C39H50N4O6S/c1-4-32(44)50(47,48)40-37(45)35-29-23-43-30(22-28-31(49-3)15-14-25(36(28)43)24-10-6-5-7-11-24)33-26(34(29)35)12-8-13-27(33)38(46)42-20-17-39(18-21-42)16-9-19-41(39)2/h8,12,14-15,22,24,27,32-33,44H,4-7,9-11,13,16-21,23H2,1-3H3,(H,40,45)/t27-,32?,33?/m1/s1. The van der Waals surface area contributed by atoms with Crippen molar-refractivity contribution in [1.29, 1.82) is 0 Å². The van der Waals surface area contributed by atoms with Crippen LogP contribution in [0.15, 0.2) is 52.6 Å². The number of aromatic nitrogens is 1. The van der Waals surface area contributed by atoms with Crippen molar-refractivity contribution in [2.45, 2.75) is 107 Å². The number of methoxy groups -OCH3 is 1. The van der Waals surface area contributed by atoms with Crippen LogP contribution in [-0.2, 0) is 26.2 Å². The predicted molar refractivity (Wildman–Crippen MR) is 192 cm³/mol. The molecule has 2 saturated heterocycles. The minimum absolute atomic E-state index is 0.0323. The molecule has 0 bridgehead atoms. The smallest absolute Gasteiger partial charge is 0.265 e. The van der Waals surface area contributed by atoms with E-state index in [9.17, 15) is 23.1 Å². The molecule has 2 unspecified atom stereocenters. The van der Waals surface area contributed by atoms with E-state index < -0.39 is 21.4 Å².